The van der Waals surface area contributed by atoms with Crippen LogP contribution in [-0.2, 0) is 27.7 Å². The molecule has 11 heteroatoms. The third-order valence-corrected chi connectivity index (χ3v) is 9.25. The molecule has 2 aromatic rings. The fourth-order valence-corrected chi connectivity index (χ4v) is 6.56. The van der Waals surface area contributed by atoms with Crippen LogP contribution in [0, 0.1) is 23.2 Å². The van der Waals surface area contributed by atoms with Gasteiger partial charge in [0.2, 0.25) is 5.91 Å². The smallest absolute Gasteiger partial charge is 0.288 e. The topological polar surface area (TPSA) is 123 Å². The minimum Gasteiger partial charge on any atom is -0.379 e. The fourth-order valence-electron chi connectivity index (χ4n) is 5.49. The number of aromatic nitrogens is 3. The van der Waals surface area contributed by atoms with E-state index in [1.807, 2.05) is 0 Å². The molecule has 2 aromatic heterocycles. The number of nitrogens with one attached hydrogen (secondary N) is 2. The minimum absolute atomic E-state index is 0.00186. The number of pyridine rings is 1. The average Bonchev–Trinajstić information content (AvgIpc) is 2.77. The summed E-state index contributed by atoms with van der Waals surface area (Å²) in [5, 5.41) is 10.2. The van der Waals surface area contributed by atoms with Crippen molar-refractivity contribution in [1.82, 2.24) is 20.1 Å². The van der Waals surface area contributed by atoms with Crippen LogP contribution in [-0.4, -0.2) is 41.4 Å². The molecule has 0 saturated heterocycles. The summed E-state index contributed by atoms with van der Waals surface area (Å²) in [4.78, 5) is 29.0. The largest absolute Gasteiger partial charge is 0.379 e. The van der Waals surface area contributed by atoms with Gasteiger partial charge in [0.05, 0.1) is 16.8 Å². The Labute approximate surface area is 204 Å². The molecule has 1 amide bonds. The molecule has 3 aliphatic rings. The van der Waals surface area contributed by atoms with Crippen LogP contribution in [0.4, 0.5) is 5.69 Å². The highest BCUT2D eigenvalue weighted by Gasteiger charge is 2.56. The van der Waals surface area contributed by atoms with Gasteiger partial charge in [0.25, 0.3) is 5.56 Å². The summed E-state index contributed by atoms with van der Waals surface area (Å²) in [6, 6.07) is 1.74. The molecular formula is C23H30ClN5O4S. The van der Waals surface area contributed by atoms with E-state index in [4.69, 9.17) is 11.6 Å². The van der Waals surface area contributed by atoms with Gasteiger partial charge in [0.1, 0.15) is 11.6 Å². The number of hydrogen-bond acceptors (Lipinski definition) is 7. The highest BCUT2D eigenvalue weighted by atomic mass is 35.5. The molecule has 4 atom stereocenters. The number of carbonyl (C=O) groups is 1. The van der Waals surface area contributed by atoms with Gasteiger partial charge in [0, 0.05) is 31.2 Å². The monoisotopic (exact) mass is 507 g/mol. The van der Waals surface area contributed by atoms with Gasteiger partial charge in [-0.15, -0.1) is 0 Å². The standard InChI is InChI=1S/C23H30ClN5O4S/c1-13-16-7-15(23(16,2)3)8-17(13)28-18-10-27-29(22(31)21(18)24)12-20(30)26-9-14-5-6-25-11-19(14)34(4,32)33/h5-6,10-11,13,15-17,28H,7-9,12H2,1-4H3,(H,26,30)/t13-,15+,16-,17-/m1/s1. The Bertz CT molecular complexity index is 1280. The van der Waals surface area contributed by atoms with E-state index in [-0.39, 0.29) is 29.0 Å². The van der Waals surface area contributed by atoms with Crippen LogP contribution in [0.5, 0.6) is 0 Å². The Balaban J connectivity index is 1.40. The molecule has 2 bridgehead atoms. The van der Waals surface area contributed by atoms with Crippen LogP contribution in [0.3, 0.4) is 0 Å². The third-order valence-electron chi connectivity index (χ3n) is 7.72. The number of halogens is 1. The van der Waals surface area contributed by atoms with Gasteiger partial charge in [0.15, 0.2) is 9.84 Å². The molecule has 3 aliphatic carbocycles. The number of fused-ring (bicyclic) bond motifs is 2. The molecule has 0 spiro atoms. The van der Waals surface area contributed by atoms with Crippen molar-refractivity contribution in [3.63, 3.8) is 0 Å². The molecule has 0 radical (unpaired) electrons. The average molecular weight is 508 g/mol. The lowest BCUT2D eigenvalue weighted by Crippen LogP contribution is -2.58. The first-order chi connectivity index (χ1) is 15.9. The van der Waals surface area contributed by atoms with E-state index >= 15 is 0 Å². The highest BCUT2D eigenvalue weighted by Crippen LogP contribution is 2.61. The van der Waals surface area contributed by atoms with E-state index in [0.29, 0.717) is 34.4 Å². The van der Waals surface area contributed by atoms with Crippen LogP contribution in [0.15, 0.2) is 34.3 Å². The molecule has 2 N–H and O–H groups in total. The van der Waals surface area contributed by atoms with Crippen molar-refractivity contribution in [2.45, 2.75) is 57.6 Å². The summed E-state index contributed by atoms with van der Waals surface area (Å²) in [6.45, 7) is 6.54. The van der Waals surface area contributed by atoms with Crippen LogP contribution in [0.1, 0.15) is 39.2 Å². The summed E-state index contributed by atoms with van der Waals surface area (Å²) < 4.78 is 24.8. The number of sulfone groups is 1. The van der Waals surface area contributed by atoms with Crippen LogP contribution >= 0.6 is 11.6 Å². The number of rotatable bonds is 7. The molecule has 34 heavy (non-hydrogen) atoms. The maximum atomic E-state index is 12.7. The fraction of sp³-hybridized carbons (Fsp3) is 0.565. The zero-order valence-electron chi connectivity index (χ0n) is 19.7. The highest BCUT2D eigenvalue weighted by molar-refractivity contribution is 7.90. The van der Waals surface area contributed by atoms with E-state index in [1.165, 1.54) is 31.1 Å². The lowest BCUT2D eigenvalue weighted by Gasteiger charge is -2.62. The van der Waals surface area contributed by atoms with Crippen molar-refractivity contribution in [2.75, 3.05) is 11.6 Å². The predicted octanol–water partition coefficient (Wildman–Crippen LogP) is 2.49. The Morgan fingerprint density at radius 3 is 2.68 bits per heavy atom. The van der Waals surface area contributed by atoms with E-state index in [9.17, 15) is 18.0 Å². The molecule has 3 saturated carbocycles. The molecule has 184 valence electrons. The maximum Gasteiger partial charge on any atom is 0.288 e. The van der Waals surface area contributed by atoms with Gasteiger partial charge >= 0.3 is 0 Å². The van der Waals surface area contributed by atoms with Crippen LogP contribution < -0.4 is 16.2 Å². The van der Waals surface area contributed by atoms with E-state index in [0.717, 1.165) is 17.4 Å². The molecule has 0 unspecified atom stereocenters. The number of hydrogen-bond donors (Lipinski definition) is 2. The molecule has 3 fully saturated rings. The van der Waals surface area contributed by atoms with Crippen molar-refractivity contribution in [3.05, 3.63) is 45.6 Å². The van der Waals surface area contributed by atoms with Crippen LogP contribution in [0.25, 0.3) is 0 Å². The van der Waals surface area contributed by atoms with E-state index < -0.39 is 21.3 Å². The number of carbonyl (C=O) groups excluding carboxylic acids is 1. The van der Waals surface area contributed by atoms with Crippen molar-refractivity contribution >= 4 is 33.0 Å². The lowest BCUT2D eigenvalue weighted by molar-refractivity contribution is -0.122. The van der Waals surface area contributed by atoms with Gasteiger partial charge in [-0.2, -0.15) is 5.10 Å². The van der Waals surface area contributed by atoms with Gasteiger partial charge in [-0.25, -0.2) is 13.1 Å². The predicted molar refractivity (Wildman–Crippen MR) is 129 cm³/mol. The molecule has 0 aliphatic heterocycles. The van der Waals surface area contributed by atoms with Gasteiger partial charge < -0.3 is 10.6 Å². The Kier molecular flexibility index (Phi) is 6.50. The quantitative estimate of drug-likeness (QED) is 0.590. The maximum absolute atomic E-state index is 12.7. The zero-order valence-corrected chi connectivity index (χ0v) is 21.3. The second-order valence-electron chi connectivity index (χ2n) is 10.1. The van der Waals surface area contributed by atoms with Crippen molar-refractivity contribution in [3.8, 4) is 0 Å². The van der Waals surface area contributed by atoms with Gasteiger partial charge in [-0.05, 0) is 47.6 Å². The molecule has 5 rings (SSSR count). The Morgan fingerprint density at radius 1 is 1.29 bits per heavy atom. The Morgan fingerprint density at radius 2 is 2.03 bits per heavy atom. The Hall–Kier alpha value is -2.46. The second kappa shape index (κ2) is 8.96. The van der Waals surface area contributed by atoms with E-state index in [2.05, 4.69) is 41.5 Å². The van der Waals surface area contributed by atoms with Gasteiger partial charge in [-0.1, -0.05) is 32.4 Å². The number of amides is 1. The summed E-state index contributed by atoms with van der Waals surface area (Å²) in [5.74, 6) is 1.26. The van der Waals surface area contributed by atoms with Crippen molar-refractivity contribution < 1.29 is 13.2 Å². The second-order valence-corrected chi connectivity index (χ2v) is 12.4. The number of nitrogens with zero attached hydrogens (tertiary/aromatic N) is 3. The minimum atomic E-state index is -3.49. The zero-order chi connectivity index (χ0) is 24.8. The van der Waals surface area contributed by atoms with E-state index in [1.54, 1.807) is 0 Å². The van der Waals surface area contributed by atoms with Crippen molar-refractivity contribution in [2.24, 2.45) is 23.2 Å². The molecule has 9 nitrogen and oxygen atoms in total. The SMILES string of the molecule is C[C@@H]1[C@H]2C[C@@H](C[C@H]1Nc1cnn(CC(=O)NCc3ccncc3S(C)(=O)=O)c(=O)c1Cl)C2(C)C. The summed E-state index contributed by atoms with van der Waals surface area (Å²) >= 11 is 6.36. The lowest BCUT2D eigenvalue weighted by atomic mass is 9.45. The molecule has 2 heterocycles. The number of anilines is 1. The van der Waals surface area contributed by atoms with Crippen molar-refractivity contribution in [1.29, 1.82) is 0 Å². The normalized spacial score (nSPS) is 25.3. The first kappa shape index (κ1) is 24.7. The summed E-state index contributed by atoms with van der Waals surface area (Å²) in [5.41, 5.74) is 0.686. The van der Waals surface area contributed by atoms with Crippen LogP contribution in [0.2, 0.25) is 5.02 Å². The van der Waals surface area contributed by atoms with Gasteiger partial charge in [-0.3, -0.25) is 14.6 Å². The summed E-state index contributed by atoms with van der Waals surface area (Å²) in [6.07, 6.45) is 7.53. The first-order valence-electron chi connectivity index (χ1n) is 11.3. The summed E-state index contributed by atoms with van der Waals surface area (Å²) in [7, 11) is -3.49. The molecular weight excluding hydrogens is 478 g/mol. The molecule has 0 aromatic carbocycles. The third kappa shape index (κ3) is 4.57. The first-order valence-corrected chi connectivity index (χ1v) is 13.6.